The van der Waals surface area contributed by atoms with Gasteiger partial charge in [-0.25, -0.2) is 4.68 Å². The average Bonchev–Trinajstić information content (AvgIpc) is 3.11. The van der Waals surface area contributed by atoms with Gasteiger partial charge in [-0.15, -0.1) is 5.10 Å². The molecule has 4 bridgehead atoms. The molecule has 1 saturated heterocycles. The molecular formula is C20H31N5O. The Labute approximate surface area is 155 Å². The first kappa shape index (κ1) is 16.7. The molecule has 6 heteroatoms. The smallest absolute Gasteiger partial charge is 0.273 e. The number of nitrogens with one attached hydrogen (secondary N) is 2. The molecule has 0 aromatic carbocycles. The monoisotopic (exact) mass is 357 g/mol. The van der Waals surface area contributed by atoms with Gasteiger partial charge in [0.25, 0.3) is 5.91 Å². The molecule has 5 fully saturated rings. The lowest BCUT2D eigenvalue weighted by atomic mass is 9.49. The van der Waals surface area contributed by atoms with Crippen LogP contribution in [0.25, 0.3) is 0 Å². The van der Waals surface area contributed by atoms with Crippen molar-refractivity contribution >= 4 is 5.91 Å². The fourth-order valence-corrected chi connectivity index (χ4v) is 6.76. The van der Waals surface area contributed by atoms with Crippen LogP contribution in [0.1, 0.15) is 74.3 Å². The van der Waals surface area contributed by atoms with E-state index in [0.29, 0.717) is 17.2 Å². The predicted molar refractivity (Wildman–Crippen MR) is 98.7 cm³/mol. The largest absolute Gasteiger partial charge is 0.351 e. The number of aromatic nitrogens is 3. The van der Waals surface area contributed by atoms with E-state index in [1.807, 2.05) is 10.9 Å². The summed E-state index contributed by atoms with van der Waals surface area (Å²) in [7, 11) is 0. The number of nitrogens with zero attached hydrogens (tertiary/aromatic N) is 3. The van der Waals surface area contributed by atoms with Gasteiger partial charge >= 0.3 is 0 Å². The molecule has 0 spiro atoms. The summed E-state index contributed by atoms with van der Waals surface area (Å²) in [6.45, 7) is 2.81. The number of piperidine rings is 1. The lowest BCUT2D eigenvalue weighted by Crippen LogP contribution is -2.47. The fourth-order valence-electron chi connectivity index (χ4n) is 6.76. The van der Waals surface area contributed by atoms with Crippen LogP contribution in [0.2, 0.25) is 0 Å². The zero-order chi connectivity index (χ0) is 17.6. The van der Waals surface area contributed by atoms with Gasteiger partial charge in [-0.1, -0.05) is 5.21 Å². The molecule has 0 unspecified atom stereocenters. The lowest BCUT2D eigenvalue weighted by molar-refractivity contribution is -0.0564. The Kier molecular flexibility index (Phi) is 4.26. The highest BCUT2D eigenvalue weighted by molar-refractivity contribution is 5.91. The average molecular weight is 358 g/mol. The van der Waals surface area contributed by atoms with Gasteiger partial charge in [0.1, 0.15) is 0 Å². The molecule has 4 saturated carbocycles. The first-order chi connectivity index (χ1) is 12.7. The van der Waals surface area contributed by atoms with Crippen LogP contribution in [0.5, 0.6) is 0 Å². The standard InChI is InChI=1S/C20H31N5O/c26-19(18-13-25(24-23-18)17-1-4-21-5-2-17)22-6-3-20-10-14-7-15(11-20)9-16(8-14)12-20/h13-17,21H,1-12H2,(H,22,26). The summed E-state index contributed by atoms with van der Waals surface area (Å²) < 4.78 is 1.88. The Hall–Kier alpha value is -1.43. The highest BCUT2D eigenvalue weighted by Crippen LogP contribution is 2.61. The van der Waals surface area contributed by atoms with E-state index >= 15 is 0 Å². The van der Waals surface area contributed by atoms with E-state index in [-0.39, 0.29) is 5.91 Å². The summed E-state index contributed by atoms with van der Waals surface area (Å²) in [4.78, 5) is 12.5. The molecule has 2 N–H and O–H groups in total. The molecule has 0 atom stereocenters. The SMILES string of the molecule is O=C(NCCC12CC3CC(CC(C3)C1)C2)c1cn(C2CCNCC2)nn1. The van der Waals surface area contributed by atoms with Crippen LogP contribution in [0.4, 0.5) is 0 Å². The third-order valence-corrected chi connectivity index (χ3v) is 7.53. The molecule has 1 aromatic heterocycles. The van der Waals surface area contributed by atoms with Crippen molar-refractivity contribution < 1.29 is 4.79 Å². The van der Waals surface area contributed by atoms with Crippen molar-refractivity contribution in [3.63, 3.8) is 0 Å². The minimum atomic E-state index is -0.0603. The van der Waals surface area contributed by atoms with Crippen molar-refractivity contribution in [3.05, 3.63) is 11.9 Å². The number of rotatable bonds is 5. The van der Waals surface area contributed by atoms with Gasteiger partial charge < -0.3 is 10.6 Å². The quantitative estimate of drug-likeness (QED) is 0.849. The third-order valence-electron chi connectivity index (χ3n) is 7.53. The second kappa shape index (κ2) is 6.63. The topological polar surface area (TPSA) is 71.8 Å². The van der Waals surface area contributed by atoms with Crippen LogP contribution in [0.15, 0.2) is 6.20 Å². The first-order valence-electron chi connectivity index (χ1n) is 10.6. The van der Waals surface area contributed by atoms with E-state index in [2.05, 4.69) is 20.9 Å². The van der Waals surface area contributed by atoms with Gasteiger partial charge in [-0.05, 0) is 94.0 Å². The van der Waals surface area contributed by atoms with Crippen LogP contribution in [0.3, 0.4) is 0 Å². The highest BCUT2D eigenvalue weighted by atomic mass is 16.2. The maximum absolute atomic E-state index is 12.5. The van der Waals surface area contributed by atoms with Crippen molar-refractivity contribution in [3.8, 4) is 0 Å². The van der Waals surface area contributed by atoms with Crippen LogP contribution in [0, 0.1) is 23.2 Å². The zero-order valence-corrected chi connectivity index (χ0v) is 15.6. The number of carbonyl (C=O) groups excluding carboxylic acids is 1. The van der Waals surface area contributed by atoms with Gasteiger partial charge in [0.2, 0.25) is 0 Å². The second-order valence-corrected chi connectivity index (χ2v) is 9.49. The van der Waals surface area contributed by atoms with Crippen molar-refractivity contribution in [2.24, 2.45) is 23.2 Å². The van der Waals surface area contributed by atoms with Gasteiger partial charge in [-0.3, -0.25) is 4.79 Å². The summed E-state index contributed by atoms with van der Waals surface area (Å²) in [5, 5.41) is 14.8. The molecule has 1 aliphatic heterocycles. The van der Waals surface area contributed by atoms with Gasteiger partial charge in [0, 0.05) is 6.54 Å². The summed E-state index contributed by atoms with van der Waals surface area (Å²) in [6.07, 6.45) is 13.7. The number of hydrogen-bond acceptors (Lipinski definition) is 4. The van der Waals surface area contributed by atoms with E-state index in [0.717, 1.165) is 56.7 Å². The molecule has 4 aliphatic carbocycles. The molecule has 26 heavy (non-hydrogen) atoms. The fraction of sp³-hybridized carbons (Fsp3) is 0.850. The van der Waals surface area contributed by atoms with Crippen molar-refractivity contribution in [1.29, 1.82) is 0 Å². The summed E-state index contributed by atoms with van der Waals surface area (Å²) in [5.41, 5.74) is 0.989. The van der Waals surface area contributed by atoms with E-state index in [1.54, 1.807) is 0 Å². The van der Waals surface area contributed by atoms with Crippen LogP contribution in [-0.2, 0) is 0 Å². The maximum atomic E-state index is 12.5. The minimum absolute atomic E-state index is 0.0603. The van der Waals surface area contributed by atoms with E-state index < -0.39 is 0 Å². The molecule has 0 radical (unpaired) electrons. The highest BCUT2D eigenvalue weighted by Gasteiger charge is 2.50. The lowest BCUT2D eigenvalue weighted by Gasteiger charge is -2.57. The van der Waals surface area contributed by atoms with Crippen molar-refractivity contribution in [2.75, 3.05) is 19.6 Å². The molecule has 5 aliphatic rings. The Morgan fingerprint density at radius 1 is 1.15 bits per heavy atom. The van der Waals surface area contributed by atoms with Crippen LogP contribution >= 0.6 is 0 Å². The summed E-state index contributed by atoms with van der Waals surface area (Å²) >= 11 is 0. The Bertz CT molecular complexity index is 628. The van der Waals surface area contributed by atoms with Gasteiger partial charge in [0.05, 0.1) is 12.2 Å². The molecule has 1 amide bonds. The maximum Gasteiger partial charge on any atom is 0.273 e. The van der Waals surface area contributed by atoms with Gasteiger partial charge in [0.15, 0.2) is 5.69 Å². The zero-order valence-electron chi connectivity index (χ0n) is 15.6. The predicted octanol–water partition coefficient (Wildman–Crippen LogP) is 2.54. The third kappa shape index (κ3) is 3.17. The van der Waals surface area contributed by atoms with Gasteiger partial charge in [-0.2, -0.15) is 0 Å². The Morgan fingerprint density at radius 2 is 1.81 bits per heavy atom. The van der Waals surface area contributed by atoms with E-state index in [9.17, 15) is 4.79 Å². The second-order valence-electron chi connectivity index (χ2n) is 9.49. The minimum Gasteiger partial charge on any atom is -0.351 e. The molecule has 142 valence electrons. The normalized spacial score (nSPS) is 36.4. The Balaban J connectivity index is 1.15. The summed E-state index contributed by atoms with van der Waals surface area (Å²) in [6, 6.07) is 0.373. The first-order valence-corrected chi connectivity index (χ1v) is 10.6. The van der Waals surface area contributed by atoms with Crippen LogP contribution in [-0.4, -0.2) is 40.5 Å². The Morgan fingerprint density at radius 3 is 2.46 bits per heavy atom. The molecule has 6 rings (SSSR count). The molecular weight excluding hydrogens is 326 g/mol. The van der Waals surface area contributed by atoms with E-state index in [4.69, 9.17) is 0 Å². The van der Waals surface area contributed by atoms with Crippen LogP contribution < -0.4 is 10.6 Å². The number of carbonyl (C=O) groups is 1. The number of hydrogen-bond donors (Lipinski definition) is 2. The molecule has 6 nitrogen and oxygen atoms in total. The van der Waals surface area contributed by atoms with E-state index in [1.165, 1.54) is 38.5 Å². The van der Waals surface area contributed by atoms with Crippen molar-refractivity contribution in [2.45, 2.75) is 63.8 Å². The summed E-state index contributed by atoms with van der Waals surface area (Å²) in [5.74, 6) is 2.86. The van der Waals surface area contributed by atoms with Crippen molar-refractivity contribution in [1.82, 2.24) is 25.6 Å². The molecule has 1 aromatic rings. The molecule has 2 heterocycles. The number of amides is 1.